The van der Waals surface area contributed by atoms with Crippen molar-refractivity contribution in [2.75, 3.05) is 19.6 Å². The number of ketones is 1. The van der Waals surface area contributed by atoms with Gasteiger partial charge in [-0.2, -0.15) is 10.3 Å². The fourth-order valence-electron chi connectivity index (χ4n) is 4.06. The molecular formula is C23H19BFN5O2. The van der Waals surface area contributed by atoms with E-state index in [1.165, 1.54) is 23.2 Å². The highest BCUT2D eigenvalue weighted by atomic mass is 19.1. The molecule has 1 aromatic heterocycles. The number of nitriles is 1. The molecule has 2 heterocycles. The maximum Gasteiger partial charge on any atom is 0.295 e. The first-order valence-corrected chi connectivity index (χ1v) is 10.1. The van der Waals surface area contributed by atoms with Crippen molar-refractivity contribution in [1.29, 1.82) is 5.26 Å². The molecule has 3 aromatic rings. The molecule has 9 heteroatoms. The quantitative estimate of drug-likeness (QED) is 0.172. The molecule has 0 saturated carbocycles. The molecule has 1 saturated heterocycles. The Morgan fingerprint density at radius 2 is 1.97 bits per heavy atom. The minimum absolute atomic E-state index is 0.0159. The van der Waals surface area contributed by atoms with Gasteiger partial charge in [0.25, 0.3) is 11.7 Å². The first-order valence-electron chi connectivity index (χ1n) is 10.1. The van der Waals surface area contributed by atoms with E-state index in [-0.39, 0.29) is 23.5 Å². The van der Waals surface area contributed by atoms with Crippen molar-refractivity contribution in [1.82, 2.24) is 14.8 Å². The summed E-state index contributed by atoms with van der Waals surface area (Å²) in [5, 5.41) is 9.14. The number of nitrogens with zero attached hydrogens (tertiary/aromatic N) is 4. The van der Waals surface area contributed by atoms with E-state index in [0.29, 0.717) is 29.9 Å². The van der Waals surface area contributed by atoms with Gasteiger partial charge in [-0.1, -0.05) is 41.9 Å². The van der Waals surface area contributed by atoms with Crippen molar-refractivity contribution in [3.05, 3.63) is 65.6 Å². The molecule has 1 aliphatic heterocycles. The van der Waals surface area contributed by atoms with Gasteiger partial charge in [-0.3, -0.25) is 9.59 Å². The summed E-state index contributed by atoms with van der Waals surface area (Å²) < 4.78 is 14.4. The Kier molecular flexibility index (Phi) is 5.78. The molecule has 1 atom stereocenters. The fourth-order valence-corrected chi connectivity index (χ4v) is 4.06. The van der Waals surface area contributed by atoms with Crippen molar-refractivity contribution in [2.24, 2.45) is 4.99 Å². The van der Waals surface area contributed by atoms with Gasteiger partial charge >= 0.3 is 0 Å². The first kappa shape index (κ1) is 21.3. The maximum absolute atomic E-state index is 14.4. The Labute approximate surface area is 185 Å². The minimum Gasteiger partial charge on any atom is -0.361 e. The van der Waals surface area contributed by atoms with Crippen LogP contribution in [0.3, 0.4) is 0 Å². The third kappa shape index (κ3) is 3.76. The second-order valence-electron chi connectivity index (χ2n) is 7.61. The zero-order valence-electron chi connectivity index (χ0n) is 17.4. The number of aromatic amines is 1. The van der Waals surface area contributed by atoms with Crippen LogP contribution >= 0.6 is 0 Å². The third-order valence-electron chi connectivity index (χ3n) is 5.63. The Bertz CT molecular complexity index is 1260. The van der Waals surface area contributed by atoms with Gasteiger partial charge in [-0.05, 0) is 13.0 Å². The standard InChI is InChI=1S/C23H19BFN5O2/c1-14-12-29(22(28-13-26)15-5-3-2-4-6-15)9-10-30(14)23(32)21(31)16-11-27-20-17(24)7-8-18(25)19(16)20/h2-8,11,14,27H,9-10,12H2,1H3/t14-/m0/s1. The van der Waals surface area contributed by atoms with E-state index in [1.807, 2.05) is 48.3 Å². The Balaban J connectivity index is 1.55. The summed E-state index contributed by atoms with van der Waals surface area (Å²) in [7, 11) is 5.85. The lowest BCUT2D eigenvalue weighted by Crippen LogP contribution is -2.57. The monoisotopic (exact) mass is 427 g/mol. The lowest BCUT2D eigenvalue weighted by molar-refractivity contribution is -0.130. The number of rotatable bonds is 3. The number of halogens is 1. The summed E-state index contributed by atoms with van der Waals surface area (Å²) >= 11 is 0. The number of aliphatic imine (C=N–C) groups is 1. The van der Waals surface area contributed by atoms with Gasteiger partial charge in [-0.15, -0.1) is 0 Å². The summed E-state index contributed by atoms with van der Waals surface area (Å²) in [4.78, 5) is 36.1. The predicted molar refractivity (Wildman–Crippen MR) is 119 cm³/mol. The number of fused-ring (bicyclic) bond motifs is 1. The number of amidine groups is 1. The number of benzene rings is 2. The first-order chi connectivity index (χ1) is 15.4. The van der Waals surface area contributed by atoms with Gasteiger partial charge in [-0.25, -0.2) is 4.39 Å². The Morgan fingerprint density at radius 1 is 1.22 bits per heavy atom. The van der Waals surface area contributed by atoms with Gasteiger partial charge in [0, 0.05) is 48.3 Å². The van der Waals surface area contributed by atoms with E-state index in [0.717, 1.165) is 5.56 Å². The fraction of sp³-hybridized carbons (Fsp3) is 0.217. The summed E-state index contributed by atoms with van der Waals surface area (Å²) in [6.07, 6.45) is 3.16. The molecule has 158 valence electrons. The number of carbonyl (C=O) groups is 2. The SMILES string of the molecule is [B]c1ccc(F)c2c(C(=O)C(=O)N3CCN(C(=NC#N)c4ccccc4)C[C@@H]3C)c[nH]c12. The molecule has 32 heavy (non-hydrogen) atoms. The third-order valence-corrected chi connectivity index (χ3v) is 5.63. The highest BCUT2D eigenvalue weighted by molar-refractivity contribution is 6.46. The van der Waals surface area contributed by atoms with Crippen LogP contribution in [0.1, 0.15) is 22.8 Å². The van der Waals surface area contributed by atoms with Crippen molar-refractivity contribution in [3.63, 3.8) is 0 Å². The van der Waals surface area contributed by atoms with Crippen LogP contribution < -0.4 is 5.46 Å². The average Bonchev–Trinajstić information content (AvgIpc) is 3.26. The molecule has 1 N–H and O–H groups in total. The predicted octanol–water partition coefficient (Wildman–Crippen LogP) is 1.74. The highest BCUT2D eigenvalue weighted by Crippen LogP contribution is 2.22. The zero-order valence-corrected chi connectivity index (χ0v) is 17.4. The Morgan fingerprint density at radius 3 is 2.66 bits per heavy atom. The van der Waals surface area contributed by atoms with E-state index in [1.54, 1.807) is 0 Å². The van der Waals surface area contributed by atoms with Crippen molar-refractivity contribution in [2.45, 2.75) is 13.0 Å². The molecule has 2 aromatic carbocycles. The van der Waals surface area contributed by atoms with Crippen LogP contribution in [0.25, 0.3) is 10.9 Å². The molecule has 0 bridgehead atoms. The van der Waals surface area contributed by atoms with E-state index in [9.17, 15) is 14.0 Å². The lowest BCUT2D eigenvalue weighted by atomic mass is 9.92. The smallest absolute Gasteiger partial charge is 0.295 e. The van der Waals surface area contributed by atoms with E-state index >= 15 is 0 Å². The number of piperazine rings is 1. The summed E-state index contributed by atoms with van der Waals surface area (Å²) in [6.45, 7) is 2.87. The molecule has 1 amide bonds. The van der Waals surface area contributed by atoms with Gasteiger partial charge in [0.05, 0.1) is 5.56 Å². The largest absolute Gasteiger partial charge is 0.361 e. The van der Waals surface area contributed by atoms with Crippen LogP contribution in [0.4, 0.5) is 4.39 Å². The van der Waals surface area contributed by atoms with Gasteiger partial charge in [0.15, 0.2) is 0 Å². The van der Waals surface area contributed by atoms with Gasteiger partial charge in [0.1, 0.15) is 19.5 Å². The number of nitrogens with one attached hydrogen (secondary N) is 1. The highest BCUT2D eigenvalue weighted by Gasteiger charge is 2.34. The number of Topliss-reactive ketones (excluding diaryl/α,β-unsaturated/α-hetero) is 1. The molecule has 0 aliphatic carbocycles. The number of H-pyrrole nitrogens is 1. The van der Waals surface area contributed by atoms with Crippen LogP contribution in [0, 0.1) is 17.3 Å². The number of amides is 1. The number of aromatic nitrogens is 1. The van der Waals surface area contributed by atoms with Crippen LogP contribution in [0.15, 0.2) is 53.7 Å². The normalized spacial score (nSPS) is 16.8. The second-order valence-corrected chi connectivity index (χ2v) is 7.61. The minimum atomic E-state index is -0.796. The molecule has 4 rings (SSSR count). The zero-order chi connectivity index (χ0) is 22.8. The van der Waals surface area contributed by atoms with E-state index in [4.69, 9.17) is 13.1 Å². The maximum atomic E-state index is 14.4. The number of hydrogen-bond donors (Lipinski definition) is 1. The molecule has 7 nitrogen and oxygen atoms in total. The van der Waals surface area contributed by atoms with Crippen molar-refractivity contribution >= 4 is 41.7 Å². The molecule has 1 aliphatic rings. The van der Waals surface area contributed by atoms with Crippen molar-refractivity contribution < 1.29 is 14.0 Å². The topological polar surface area (TPSA) is 92.6 Å². The van der Waals surface area contributed by atoms with E-state index < -0.39 is 17.5 Å². The van der Waals surface area contributed by atoms with Gasteiger partial charge < -0.3 is 14.8 Å². The molecule has 0 unspecified atom stereocenters. The lowest BCUT2D eigenvalue weighted by Gasteiger charge is -2.40. The number of carbonyl (C=O) groups excluding carboxylic acids is 2. The molecule has 1 fully saturated rings. The van der Waals surface area contributed by atoms with Crippen LogP contribution in [0.5, 0.6) is 0 Å². The molecule has 0 spiro atoms. The van der Waals surface area contributed by atoms with Crippen LogP contribution in [0.2, 0.25) is 0 Å². The van der Waals surface area contributed by atoms with Gasteiger partial charge in [0.2, 0.25) is 6.19 Å². The van der Waals surface area contributed by atoms with Crippen LogP contribution in [-0.4, -0.2) is 65.8 Å². The molecular weight excluding hydrogens is 408 g/mol. The van der Waals surface area contributed by atoms with Crippen molar-refractivity contribution in [3.8, 4) is 6.19 Å². The summed E-state index contributed by atoms with van der Waals surface area (Å²) in [5.41, 5.74) is 1.34. The Hall–Kier alpha value is -3.93. The van der Waals surface area contributed by atoms with E-state index in [2.05, 4.69) is 9.98 Å². The average molecular weight is 427 g/mol. The molecule has 2 radical (unpaired) electrons. The second kappa shape index (κ2) is 8.67. The summed E-state index contributed by atoms with van der Waals surface area (Å²) in [5.74, 6) is -1.61. The summed E-state index contributed by atoms with van der Waals surface area (Å²) in [6, 6.07) is 11.6. The van der Waals surface area contributed by atoms with Crippen LogP contribution in [-0.2, 0) is 4.79 Å². The number of hydrogen-bond acceptors (Lipinski definition) is 4.